The summed E-state index contributed by atoms with van der Waals surface area (Å²) in [6, 6.07) is 39.9. The van der Waals surface area contributed by atoms with Crippen LogP contribution in [0.5, 0.6) is 0 Å². The maximum absolute atomic E-state index is 2.50. The van der Waals surface area contributed by atoms with Crippen LogP contribution in [-0.2, 0) is 13.2 Å². The molecule has 0 aliphatic rings. The van der Waals surface area contributed by atoms with Crippen LogP contribution >= 0.6 is 0 Å². The number of fused-ring (bicyclic) bond motifs is 10. The Morgan fingerprint density at radius 2 is 0.750 bits per heavy atom. The molecule has 3 heterocycles. The molecule has 5 aromatic carbocycles. The van der Waals surface area contributed by atoms with Gasteiger partial charge < -0.3 is 13.7 Å². The molecule has 0 bridgehead atoms. The molecule has 8 aromatic rings. The lowest BCUT2D eigenvalue weighted by atomic mass is 10.1. The van der Waals surface area contributed by atoms with Gasteiger partial charge in [0.05, 0.1) is 22.1 Å². The normalized spacial score (nSPS) is 12.2. The van der Waals surface area contributed by atoms with Crippen molar-refractivity contribution in [3.63, 3.8) is 0 Å². The van der Waals surface area contributed by atoms with E-state index >= 15 is 0 Å². The summed E-state index contributed by atoms with van der Waals surface area (Å²) in [6.07, 6.45) is 0. The molecule has 0 unspecified atom stereocenters. The van der Waals surface area contributed by atoms with E-state index < -0.39 is 0 Å². The van der Waals surface area contributed by atoms with E-state index in [2.05, 4.69) is 130 Å². The van der Waals surface area contributed by atoms with Crippen LogP contribution in [0.15, 0.2) is 109 Å². The lowest BCUT2D eigenvalue weighted by Crippen LogP contribution is -2.07. The van der Waals surface area contributed by atoms with E-state index in [0.717, 1.165) is 13.2 Å². The summed E-state index contributed by atoms with van der Waals surface area (Å²) in [6.45, 7) is 3.95. The van der Waals surface area contributed by atoms with Gasteiger partial charge in [-0.15, -0.1) is 0 Å². The van der Waals surface area contributed by atoms with Gasteiger partial charge >= 0.3 is 0 Å². The second-order valence-corrected chi connectivity index (χ2v) is 9.66. The maximum Gasteiger partial charge on any atom is 0.100 e. The fourth-order valence-electron chi connectivity index (χ4n) is 6.47. The zero-order valence-corrected chi connectivity index (χ0v) is 20.1. The van der Waals surface area contributed by atoms with Gasteiger partial charge in [0.1, 0.15) is 6.67 Å². The van der Waals surface area contributed by atoms with Crippen LogP contribution in [0.1, 0.15) is 6.92 Å². The Kier molecular flexibility index (Phi) is 3.98. The summed E-state index contributed by atoms with van der Waals surface area (Å²) < 4.78 is 7.42. The third-order valence-corrected chi connectivity index (χ3v) is 7.95. The number of nitrogens with zero attached hydrogens (tertiary/aromatic N) is 3. The molecule has 0 radical (unpaired) electrons. The molecule has 0 saturated carbocycles. The zero-order valence-electron chi connectivity index (χ0n) is 20.1. The molecule has 0 spiro atoms. The molecule has 172 valence electrons. The van der Waals surface area contributed by atoms with Gasteiger partial charge in [-0.3, -0.25) is 0 Å². The summed E-state index contributed by atoms with van der Waals surface area (Å²) >= 11 is 0. The number of para-hydroxylation sites is 4. The van der Waals surface area contributed by atoms with Gasteiger partial charge in [-0.1, -0.05) is 72.8 Å². The Morgan fingerprint density at radius 3 is 1.25 bits per heavy atom. The van der Waals surface area contributed by atoms with Gasteiger partial charge in [0.15, 0.2) is 0 Å². The van der Waals surface area contributed by atoms with E-state index in [9.17, 15) is 0 Å². The monoisotopic (exact) mass is 463 g/mol. The third-order valence-electron chi connectivity index (χ3n) is 7.95. The minimum absolute atomic E-state index is 0.760. The van der Waals surface area contributed by atoms with Crippen LogP contribution in [0, 0.1) is 0 Å². The molecule has 0 atom stereocenters. The number of hydrogen-bond donors (Lipinski definition) is 0. The highest BCUT2D eigenvalue weighted by molar-refractivity contribution is 6.28. The fourth-order valence-corrected chi connectivity index (χ4v) is 6.47. The molecule has 0 saturated heterocycles. The average Bonchev–Trinajstić information content (AvgIpc) is 3.55. The minimum Gasteiger partial charge on any atom is -0.341 e. The van der Waals surface area contributed by atoms with Crippen molar-refractivity contribution < 1.29 is 0 Å². The van der Waals surface area contributed by atoms with Crippen LogP contribution in [0.2, 0.25) is 0 Å². The van der Waals surface area contributed by atoms with E-state index in [-0.39, 0.29) is 0 Å². The summed E-state index contributed by atoms with van der Waals surface area (Å²) in [5.41, 5.74) is 7.72. The average molecular weight is 464 g/mol. The summed E-state index contributed by atoms with van der Waals surface area (Å²) in [4.78, 5) is 0. The van der Waals surface area contributed by atoms with Crippen molar-refractivity contribution in [3.8, 4) is 0 Å². The largest absolute Gasteiger partial charge is 0.341 e. The Balaban J connectivity index is 1.51. The lowest BCUT2D eigenvalue weighted by Gasteiger charge is -2.12. The molecular weight excluding hydrogens is 438 g/mol. The first-order chi connectivity index (χ1) is 17.8. The van der Waals surface area contributed by atoms with E-state index in [4.69, 9.17) is 0 Å². The molecule has 3 aromatic heterocycles. The van der Waals surface area contributed by atoms with Gasteiger partial charge in [-0.2, -0.15) is 0 Å². The molecule has 3 heteroatoms. The third kappa shape index (κ3) is 2.47. The Labute approximate surface area is 208 Å². The summed E-state index contributed by atoms with van der Waals surface area (Å²) in [7, 11) is 0. The van der Waals surface area contributed by atoms with Gasteiger partial charge in [-0.25, -0.2) is 0 Å². The van der Waals surface area contributed by atoms with Crippen molar-refractivity contribution in [2.75, 3.05) is 0 Å². The lowest BCUT2D eigenvalue weighted by molar-refractivity contribution is 0.682. The number of aromatic nitrogens is 3. The maximum atomic E-state index is 2.50. The molecule has 3 nitrogen and oxygen atoms in total. The first-order valence-electron chi connectivity index (χ1n) is 12.7. The topological polar surface area (TPSA) is 14.8 Å². The SMILES string of the molecule is CCn1c2ccccc2c2c3c4ccccc4n(Cn4c5ccccc5c5ccccc54)c3ccc21. The predicted octanol–water partition coefficient (Wildman–Crippen LogP) is 8.54. The molecule has 0 amide bonds. The predicted molar refractivity (Wildman–Crippen MR) is 153 cm³/mol. The Hall–Kier alpha value is -4.50. The first kappa shape index (κ1) is 19.8. The second kappa shape index (κ2) is 7.25. The number of rotatable bonds is 3. The first-order valence-corrected chi connectivity index (χ1v) is 12.7. The molecule has 0 aliphatic heterocycles. The fraction of sp³-hybridized carbons (Fsp3) is 0.0909. The van der Waals surface area contributed by atoms with Crippen LogP contribution < -0.4 is 0 Å². The van der Waals surface area contributed by atoms with Crippen LogP contribution in [0.4, 0.5) is 0 Å². The minimum atomic E-state index is 0.760. The van der Waals surface area contributed by atoms with E-state index in [1.54, 1.807) is 0 Å². The van der Waals surface area contributed by atoms with Crippen LogP contribution in [0.25, 0.3) is 65.4 Å². The van der Waals surface area contributed by atoms with Crippen molar-refractivity contribution in [1.82, 2.24) is 13.7 Å². The number of hydrogen-bond acceptors (Lipinski definition) is 0. The quantitative estimate of drug-likeness (QED) is 0.249. The van der Waals surface area contributed by atoms with Crippen molar-refractivity contribution in [1.29, 1.82) is 0 Å². The molecule has 0 fully saturated rings. The highest BCUT2D eigenvalue weighted by atomic mass is 15.2. The van der Waals surface area contributed by atoms with Crippen LogP contribution in [-0.4, -0.2) is 13.7 Å². The molecular formula is C33H25N3. The Morgan fingerprint density at radius 1 is 0.389 bits per heavy atom. The smallest absolute Gasteiger partial charge is 0.100 e. The van der Waals surface area contributed by atoms with Crippen molar-refractivity contribution in [2.24, 2.45) is 0 Å². The molecule has 0 N–H and O–H groups in total. The molecule has 36 heavy (non-hydrogen) atoms. The number of benzene rings is 5. The van der Waals surface area contributed by atoms with Gasteiger partial charge in [0.25, 0.3) is 0 Å². The standard InChI is InChI=1S/C33H25N3/c1-2-34-28-17-9-5-13-24(28)32-30(34)19-20-31-33(32)25-14-6-10-18-29(25)36(31)21-35-26-15-7-3-11-22(26)23-12-4-8-16-27(23)35/h3-20H,2,21H2,1H3. The van der Waals surface area contributed by atoms with E-state index in [1.807, 2.05) is 0 Å². The van der Waals surface area contributed by atoms with Crippen LogP contribution in [0.3, 0.4) is 0 Å². The zero-order chi connectivity index (χ0) is 23.8. The van der Waals surface area contributed by atoms with E-state index in [1.165, 1.54) is 65.4 Å². The Bertz CT molecular complexity index is 2060. The molecule has 8 rings (SSSR count). The summed E-state index contributed by atoms with van der Waals surface area (Å²) in [5, 5.41) is 7.98. The molecule has 0 aliphatic carbocycles. The highest BCUT2D eigenvalue weighted by Gasteiger charge is 2.19. The number of aryl methyl sites for hydroxylation is 1. The van der Waals surface area contributed by atoms with Crippen molar-refractivity contribution in [3.05, 3.63) is 109 Å². The van der Waals surface area contributed by atoms with Crippen molar-refractivity contribution >= 4 is 65.4 Å². The van der Waals surface area contributed by atoms with Gasteiger partial charge in [0, 0.05) is 49.9 Å². The highest BCUT2D eigenvalue weighted by Crippen LogP contribution is 2.40. The second-order valence-electron chi connectivity index (χ2n) is 9.66. The van der Waals surface area contributed by atoms with Gasteiger partial charge in [-0.05, 0) is 43.3 Å². The van der Waals surface area contributed by atoms with E-state index in [0.29, 0.717) is 0 Å². The summed E-state index contributed by atoms with van der Waals surface area (Å²) in [5.74, 6) is 0. The van der Waals surface area contributed by atoms with Crippen molar-refractivity contribution in [2.45, 2.75) is 20.1 Å². The van der Waals surface area contributed by atoms with Gasteiger partial charge in [0.2, 0.25) is 0 Å².